The summed E-state index contributed by atoms with van der Waals surface area (Å²) >= 11 is 0. The first kappa shape index (κ1) is 22.7. The maximum atomic E-state index is 13.2. The predicted octanol–water partition coefficient (Wildman–Crippen LogP) is 4.09. The highest BCUT2D eigenvalue weighted by molar-refractivity contribution is 5.86. The van der Waals surface area contributed by atoms with Crippen molar-refractivity contribution in [1.29, 1.82) is 0 Å². The molecule has 1 fully saturated rings. The van der Waals surface area contributed by atoms with E-state index < -0.39 is 12.1 Å². The number of fused-ring (bicyclic) bond motifs is 1. The summed E-state index contributed by atoms with van der Waals surface area (Å²) in [6.45, 7) is 5.34. The van der Waals surface area contributed by atoms with E-state index in [0.717, 1.165) is 22.5 Å². The van der Waals surface area contributed by atoms with Gasteiger partial charge in [0.2, 0.25) is 5.95 Å². The monoisotopic (exact) mass is 473 g/mol. The number of rotatable bonds is 3. The Balaban J connectivity index is 1.53. The van der Waals surface area contributed by atoms with Crippen LogP contribution in [0.5, 0.6) is 0 Å². The summed E-state index contributed by atoms with van der Waals surface area (Å²) in [6, 6.07) is 0. The second-order valence-electron chi connectivity index (χ2n) is 8.93. The summed E-state index contributed by atoms with van der Waals surface area (Å²) in [5.74, 6) is -0.838. The molecule has 3 aromatic rings. The lowest BCUT2D eigenvalue weighted by Crippen LogP contribution is -2.39. The maximum Gasteiger partial charge on any atom is 0.392 e. The highest BCUT2D eigenvalue weighted by atomic mass is 19.4. The van der Waals surface area contributed by atoms with E-state index in [-0.39, 0.29) is 25.4 Å². The van der Waals surface area contributed by atoms with Crippen molar-refractivity contribution in [2.45, 2.75) is 45.4 Å². The van der Waals surface area contributed by atoms with Gasteiger partial charge in [-0.2, -0.15) is 23.3 Å². The van der Waals surface area contributed by atoms with Crippen LogP contribution in [0.4, 0.5) is 19.1 Å². The van der Waals surface area contributed by atoms with Gasteiger partial charge in [0.1, 0.15) is 11.6 Å². The third kappa shape index (κ3) is 4.36. The van der Waals surface area contributed by atoms with E-state index in [0.29, 0.717) is 42.5 Å². The van der Waals surface area contributed by atoms with Crippen molar-refractivity contribution in [1.82, 2.24) is 29.7 Å². The van der Waals surface area contributed by atoms with Gasteiger partial charge in [0.25, 0.3) is 0 Å². The van der Waals surface area contributed by atoms with Crippen LogP contribution in [0.25, 0.3) is 16.7 Å². The molecule has 2 atom stereocenters. The fraction of sp³-hybridized carbons (Fsp3) is 0.522. The largest absolute Gasteiger partial charge is 0.392 e. The van der Waals surface area contributed by atoms with E-state index in [2.05, 4.69) is 15.1 Å². The molecule has 1 saturated heterocycles. The van der Waals surface area contributed by atoms with Crippen molar-refractivity contribution in [3.05, 3.63) is 41.1 Å². The lowest BCUT2D eigenvalue weighted by atomic mass is 9.87. The lowest BCUT2D eigenvalue weighted by Gasteiger charge is -2.33. The molecule has 5 rings (SSSR count). The van der Waals surface area contributed by atoms with Gasteiger partial charge in [-0.25, -0.2) is 15.0 Å². The van der Waals surface area contributed by atoms with Gasteiger partial charge in [-0.3, -0.25) is 4.68 Å². The van der Waals surface area contributed by atoms with Crippen molar-refractivity contribution in [2.75, 3.05) is 24.6 Å². The Kier molecular flexibility index (Phi) is 5.75. The van der Waals surface area contributed by atoms with E-state index in [1.807, 2.05) is 32.0 Å². The molecule has 1 aliphatic carbocycles. The third-order valence-electron chi connectivity index (χ3n) is 6.55. The number of hydrogen-bond acceptors (Lipinski definition) is 7. The fourth-order valence-corrected chi connectivity index (χ4v) is 4.45. The molecule has 180 valence electrons. The van der Waals surface area contributed by atoms with Crippen LogP contribution in [0.3, 0.4) is 0 Å². The zero-order chi connectivity index (χ0) is 24.0. The summed E-state index contributed by atoms with van der Waals surface area (Å²) in [7, 11) is 1.85. The quantitative estimate of drug-likeness (QED) is 0.567. The zero-order valence-electron chi connectivity index (χ0n) is 19.3. The lowest BCUT2D eigenvalue weighted by molar-refractivity contribution is -0.175. The smallest absolute Gasteiger partial charge is 0.370 e. The van der Waals surface area contributed by atoms with Gasteiger partial charge in [0.05, 0.1) is 42.3 Å². The van der Waals surface area contributed by atoms with Gasteiger partial charge in [-0.1, -0.05) is 6.08 Å². The number of halogens is 3. The van der Waals surface area contributed by atoms with E-state index >= 15 is 0 Å². The van der Waals surface area contributed by atoms with Crippen LogP contribution in [0.1, 0.15) is 48.0 Å². The summed E-state index contributed by atoms with van der Waals surface area (Å²) in [5.41, 5.74) is 4.79. The number of ether oxygens (including phenoxy) is 1. The van der Waals surface area contributed by atoms with E-state index in [9.17, 15) is 13.2 Å². The number of morpholine rings is 1. The van der Waals surface area contributed by atoms with Gasteiger partial charge >= 0.3 is 6.18 Å². The number of nitrogens with zero attached hydrogens (tertiary/aromatic N) is 7. The molecule has 0 spiro atoms. The number of anilines is 1. The molecule has 8 nitrogen and oxygen atoms in total. The van der Waals surface area contributed by atoms with E-state index in [1.54, 1.807) is 17.0 Å². The Labute approximate surface area is 194 Å². The van der Waals surface area contributed by atoms with Crippen LogP contribution in [0.15, 0.2) is 18.5 Å². The molecule has 2 aliphatic rings. The minimum Gasteiger partial charge on any atom is -0.370 e. The Morgan fingerprint density at radius 1 is 1.09 bits per heavy atom. The summed E-state index contributed by atoms with van der Waals surface area (Å²) in [5, 5.41) is 4.23. The van der Waals surface area contributed by atoms with Gasteiger partial charge in [0, 0.05) is 25.4 Å². The standard InChI is InChI=1S/C23H26F3N7O/c1-13-14(2)29-21-20(28-13)19(15-4-6-17(7-5-15)23(24,25)26)30-22(31-21)33-8-9-34-18(12-33)16-10-27-32(3)11-16/h4,10-11,17-18H,5-9,12H2,1-3H3/t17-,18+/m1/s1. The molecule has 34 heavy (non-hydrogen) atoms. The Hall–Kier alpha value is -3.08. The van der Waals surface area contributed by atoms with Crippen molar-refractivity contribution in [3.63, 3.8) is 0 Å². The van der Waals surface area contributed by atoms with E-state index in [4.69, 9.17) is 14.7 Å². The van der Waals surface area contributed by atoms with Crippen molar-refractivity contribution >= 4 is 22.7 Å². The van der Waals surface area contributed by atoms with Crippen LogP contribution in [0, 0.1) is 19.8 Å². The highest BCUT2D eigenvalue weighted by Gasteiger charge is 2.40. The number of aryl methyl sites for hydroxylation is 3. The SMILES string of the molecule is Cc1nc2nc(N3CCO[C@H](c4cnn(C)c4)C3)nc(C3=CC[C@@H](C(F)(F)F)CC3)c2nc1C. The Morgan fingerprint density at radius 2 is 1.88 bits per heavy atom. The van der Waals surface area contributed by atoms with Crippen molar-refractivity contribution in [2.24, 2.45) is 13.0 Å². The minimum atomic E-state index is -4.19. The summed E-state index contributed by atoms with van der Waals surface area (Å²) in [4.78, 5) is 20.9. The van der Waals surface area contributed by atoms with Crippen LogP contribution >= 0.6 is 0 Å². The first-order valence-corrected chi connectivity index (χ1v) is 11.3. The predicted molar refractivity (Wildman–Crippen MR) is 120 cm³/mol. The normalized spacial score (nSPS) is 21.7. The summed E-state index contributed by atoms with van der Waals surface area (Å²) < 4.78 is 47.3. The Morgan fingerprint density at radius 3 is 2.56 bits per heavy atom. The highest BCUT2D eigenvalue weighted by Crippen LogP contribution is 2.40. The average molecular weight is 474 g/mol. The second kappa shape index (κ2) is 8.61. The van der Waals surface area contributed by atoms with Crippen molar-refractivity contribution < 1.29 is 17.9 Å². The average Bonchev–Trinajstić information content (AvgIpc) is 3.25. The first-order valence-electron chi connectivity index (χ1n) is 11.3. The summed E-state index contributed by atoms with van der Waals surface area (Å²) in [6.07, 6.45) is 1.24. The molecule has 4 heterocycles. The minimum absolute atomic E-state index is 0.0368. The molecule has 0 unspecified atom stereocenters. The second-order valence-corrected chi connectivity index (χ2v) is 8.93. The number of aromatic nitrogens is 6. The van der Waals surface area contributed by atoms with Crippen molar-refractivity contribution in [3.8, 4) is 0 Å². The van der Waals surface area contributed by atoms with Crippen LogP contribution in [-0.2, 0) is 11.8 Å². The zero-order valence-corrected chi connectivity index (χ0v) is 19.3. The molecule has 0 amide bonds. The molecule has 0 radical (unpaired) electrons. The van der Waals surface area contributed by atoms with Gasteiger partial charge in [-0.05, 0) is 38.7 Å². The third-order valence-corrected chi connectivity index (χ3v) is 6.55. The molecule has 0 aromatic carbocycles. The molecule has 11 heteroatoms. The van der Waals surface area contributed by atoms with E-state index in [1.165, 1.54) is 0 Å². The molecule has 1 aliphatic heterocycles. The van der Waals surface area contributed by atoms with Gasteiger partial charge in [0.15, 0.2) is 5.65 Å². The first-order chi connectivity index (χ1) is 16.2. The number of allylic oxidation sites excluding steroid dienone is 2. The maximum absolute atomic E-state index is 13.2. The van der Waals surface area contributed by atoms with Gasteiger partial charge in [-0.15, -0.1) is 0 Å². The Bertz CT molecular complexity index is 1250. The number of alkyl halides is 3. The molecule has 0 bridgehead atoms. The van der Waals surface area contributed by atoms with Crippen LogP contribution in [0.2, 0.25) is 0 Å². The molecule has 3 aromatic heterocycles. The molecule has 0 N–H and O–H groups in total. The molecule has 0 saturated carbocycles. The van der Waals surface area contributed by atoms with Crippen LogP contribution < -0.4 is 4.90 Å². The number of hydrogen-bond donors (Lipinski definition) is 0. The van der Waals surface area contributed by atoms with Crippen LogP contribution in [-0.4, -0.2) is 55.6 Å². The van der Waals surface area contributed by atoms with Gasteiger partial charge < -0.3 is 9.64 Å². The fourth-order valence-electron chi connectivity index (χ4n) is 4.45. The topological polar surface area (TPSA) is 81.9 Å². The molecular weight excluding hydrogens is 447 g/mol. The molecular formula is C23H26F3N7O.